The lowest BCUT2D eigenvalue weighted by molar-refractivity contribution is 0.389. The highest BCUT2D eigenvalue weighted by Gasteiger charge is 2.15. The minimum Gasteiger partial charge on any atom is -0.370 e. The van der Waals surface area contributed by atoms with E-state index in [0.29, 0.717) is 17.4 Å². The van der Waals surface area contributed by atoms with Crippen LogP contribution < -0.4 is 21.7 Å². The molecule has 0 aliphatic carbocycles. The second-order valence-corrected chi connectivity index (χ2v) is 6.57. The van der Waals surface area contributed by atoms with Crippen LogP contribution >= 0.6 is 0 Å². The van der Waals surface area contributed by atoms with Crippen molar-refractivity contribution in [1.82, 2.24) is 15.3 Å². The molecule has 1 aromatic rings. The summed E-state index contributed by atoms with van der Waals surface area (Å²) in [5, 5.41) is 10.0. The third-order valence-corrected chi connectivity index (χ3v) is 3.34. The highest BCUT2D eigenvalue weighted by Crippen LogP contribution is 2.19. The number of nitrogens with zero attached hydrogens (tertiary/aromatic N) is 2. The molecule has 0 radical (unpaired) electrons. The number of hydrogen-bond donors (Lipinski definition) is 4. The van der Waals surface area contributed by atoms with Crippen LogP contribution in [0.5, 0.6) is 0 Å². The second-order valence-electron chi connectivity index (χ2n) is 6.57. The van der Waals surface area contributed by atoms with Gasteiger partial charge in [-0.15, -0.1) is 0 Å². The van der Waals surface area contributed by atoms with Gasteiger partial charge in [-0.2, -0.15) is 9.97 Å². The first-order valence-electron chi connectivity index (χ1n) is 7.28. The molecule has 1 unspecified atom stereocenters. The molecule has 0 bridgehead atoms. The molecule has 5 N–H and O–H groups in total. The molecule has 6 heteroatoms. The Kier molecular flexibility index (Phi) is 4.65. The van der Waals surface area contributed by atoms with Crippen molar-refractivity contribution in [3.63, 3.8) is 0 Å². The molecule has 0 spiro atoms. The monoisotopic (exact) mass is 278 g/mol. The van der Waals surface area contributed by atoms with Gasteiger partial charge >= 0.3 is 0 Å². The van der Waals surface area contributed by atoms with E-state index in [9.17, 15) is 0 Å². The summed E-state index contributed by atoms with van der Waals surface area (Å²) < 4.78 is 0. The molecule has 1 fully saturated rings. The van der Waals surface area contributed by atoms with Gasteiger partial charge < -0.3 is 21.7 Å². The average Bonchev–Trinajstić information content (AvgIpc) is 2.79. The summed E-state index contributed by atoms with van der Waals surface area (Å²) in [5.41, 5.74) is 6.08. The minimum absolute atomic E-state index is 0.305. The predicted octanol–water partition coefficient (Wildman–Crippen LogP) is 1.68. The third-order valence-electron chi connectivity index (χ3n) is 3.34. The molecule has 1 aromatic heterocycles. The standard InChI is InChI=1S/C14H26N6/c1-14(2,3)5-7-17-11-8-12(20-13(15)19-11)18-10-4-6-16-9-10/h8,10,16H,4-7,9H2,1-3H3,(H4,15,17,18,19,20). The van der Waals surface area contributed by atoms with E-state index in [2.05, 4.69) is 46.7 Å². The molecule has 1 saturated heterocycles. The van der Waals surface area contributed by atoms with E-state index in [1.807, 2.05) is 6.07 Å². The van der Waals surface area contributed by atoms with E-state index in [4.69, 9.17) is 5.73 Å². The number of nitrogens with one attached hydrogen (secondary N) is 3. The number of rotatable bonds is 5. The first-order valence-corrected chi connectivity index (χ1v) is 7.28. The van der Waals surface area contributed by atoms with Gasteiger partial charge in [0, 0.05) is 25.2 Å². The number of nitrogens with two attached hydrogens (primary N) is 1. The van der Waals surface area contributed by atoms with Gasteiger partial charge in [-0.1, -0.05) is 20.8 Å². The zero-order valence-corrected chi connectivity index (χ0v) is 12.7. The summed E-state index contributed by atoms with van der Waals surface area (Å²) in [5.74, 6) is 1.89. The summed E-state index contributed by atoms with van der Waals surface area (Å²) in [6, 6.07) is 2.35. The molecule has 1 aliphatic rings. The molecule has 0 aromatic carbocycles. The van der Waals surface area contributed by atoms with E-state index in [0.717, 1.165) is 44.1 Å². The van der Waals surface area contributed by atoms with E-state index in [1.54, 1.807) is 0 Å². The van der Waals surface area contributed by atoms with Crippen LogP contribution in [0.25, 0.3) is 0 Å². The zero-order valence-electron chi connectivity index (χ0n) is 12.7. The fraction of sp³-hybridized carbons (Fsp3) is 0.714. The van der Waals surface area contributed by atoms with Gasteiger partial charge in [0.05, 0.1) is 0 Å². The smallest absolute Gasteiger partial charge is 0.223 e. The molecule has 0 saturated carbocycles. The molecule has 1 aliphatic heterocycles. The van der Waals surface area contributed by atoms with Gasteiger partial charge in [-0.25, -0.2) is 0 Å². The maximum absolute atomic E-state index is 5.77. The normalized spacial score (nSPS) is 19.1. The van der Waals surface area contributed by atoms with Gasteiger partial charge in [0.25, 0.3) is 0 Å². The zero-order chi connectivity index (χ0) is 14.6. The molecule has 2 heterocycles. The van der Waals surface area contributed by atoms with Gasteiger partial charge in [-0.05, 0) is 24.8 Å². The Balaban J connectivity index is 1.93. The Morgan fingerprint density at radius 1 is 1.35 bits per heavy atom. The van der Waals surface area contributed by atoms with Crippen molar-refractivity contribution in [3.8, 4) is 0 Å². The van der Waals surface area contributed by atoms with E-state index < -0.39 is 0 Å². The van der Waals surface area contributed by atoms with Gasteiger partial charge in [0.1, 0.15) is 11.6 Å². The highest BCUT2D eigenvalue weighted by molar-refractivity contribution is 5.51. The lowest BCUT2D eigenvalue weighted by Gasteiger charge is -2.18. The van der Waals surface area contributed by atoms with Crippen LogP contribution in [0.2, 0.25) is 0 Å². The van der Waals surface area contributed by atoms with Crippen LogP contribution in [0.3, 0.4) is 0 Å². The summed E-state index contributed by atoms with van der Waals surface area (Å²) in [4.78, 5) is 8.47. The topological polar surface area (TPSA) is 87.9 Å². The quantitative estimate of drug-likeness (QED) is 0.655. The van der Waals surface area contributed by atoms with Crippen molar-refractivity contribution in [1.29, 1.82) is 0 Å². The first kappa shape index (κ1) is 14.8. The van der Waals surface area contributed by atoms with E-state index in [1.165, 1.54) is 0 Å². The van der Waals surface area contributed by atoms with Crippen molar-refractivity contribution < 1.29 is 0 Å². The lowest BCUT2D eigenvalue weighted by Crippen LogP contribution is -2.23. The van der Waals surface area contributed by atoms with Crippen LogP contribution in [0.4, 0.5) is 17.6 Å². The summed E-state index contributed by atoms with van der Waals surface area (Å²) in [6.45, 7) is 9.57. The average molecular weight is 278 g/mol. The van der Waals surface area contributed by atoms with Crippen LogP contribution in [-0.2, 0) is 0 Å². The maximum Gasteiger partial charge on any atom is 0.223 e. The fourth-order valence-corrected chi connectivity index (χ4v) is 2.18. The van der Waals surface area contributed by atoms with Crippen LogP contribution in [0.15, 0.2) is 6.07 Å². The summed E-state index contributed by atoms with van der Waals surface area (Å²) in [6.07, 6.45) is 2.18. The van der Waals surface area contributed by atoms with Gasteiger partial charge in [0.15, 0.2) is 0 Å². The lowest BCUT2D eigenvalue weighted by atomic mass is 9.92. The number of nitrogen functional groups attached to an aromatic ring is 1. The molecule has 2 rings (SSSR count). The van der Waals surface area contributed by atoms with Gasteiger partial charge in [-0.3, -0.25) is 0 Å². The molecular weight excluding hydrogens is 252 g/mol. The van der Waals surface area contributed by atoms with E-state index >= 15 is 0 Å². The van der Waals surface area contributed by atoms with E-state index in [-0.39, 0.29) is 0 Å². The van der Waals surface area contributed by atoms with Crippen molar-refractivity contribution in [2.45, 2.75) is 39.7 Å². The van der Waals surface area contributed by atoms with Crippen LogP contribution in [0.1, 0.15) is 33.6 Å². The fourth-order valence-electron chi connectivity index (χ4n) is 2.18. The number of hydrogen-bond acceptors (Lipinski definition) is 6. The maximum atomic E-state index is 5.77. The molecule has 0 amide bonds. The largest absolute Gasteiger partial charge is 0.370 e. The second kappa shape index (κ2) is 6.26. The summed E-state index contributed by atoms with van der Waals surface area (Å²) in [7, 11) is 0. The molecule has 1 atom stereocenters. The third kappa shape index (κ3) is 4.85. The predicted molar refractivity (Wildman–Crippen MR) is 83.9 cm³/mol. The Bertz CT molecular complexity index is 434. The number of anilines is 3. The Morgan fingerprint density at radius 2 is 2.10 bits per heavy atom. The van der Waals surface area contributed by atoms with Crippen molar-refractivity contribution in [2.24, 2.45) is 5.41 Å². The van der Waals surface area contributed by atoms with Crippen molar-refractivity contribution >= 4 is 17.6 Å². The minimum atomic E-state index is 0.305. The van der Waals surface area contributed by atoms with Crippen molar-refractivity contribution in [2.75, 3.05) is 36.0 Å². The SMILES string of the molecule is CC(C)(C)CCNc1cc(NC2CCNC2)nc(N)n1. The van der Waals surface area contributed by atoms with Crippen LogP contribution in [-0.4, -0.2) is 35.6 Å². The highest BCUT2D eigenvalue weighted by atomic mass is 15.1. The Labute approximate surface area is 121 Å². The Morgan fingerprint density at radius 3 is 2.75 bits per heavy atom. The Hall–Kier alpha value is -1.56. The molecule has 112 valence electrons. The molecule has 6 nitrogen and oxygen atoms in total. The molecular formula is C14H26N6. The van der Waals surface area contributed by atoms with Crippen molar-refractivity contribution in [3.05, 3.63) is 6.07 Å². The molecule has 20 heavy (non-hydrogen) atoms. The first-order chi connectivity index (χ1) is 9.42. The summed E-state index contributed by atoms with van der Waals surface area (Å²) >= 11 is 0. The van der Waals surface area contributed by atoms with Gasteiger partial charge in [0.2, 0.25) is 5.95 Å². The van der Waals surface area contributed by atoms with Crippen LogP contribution in [0, 0.1) is 5.41 Å². The number of aromatic nitrogens is 2.